The fourth-order valence-corrected chi connectivity index (χ4v) is 1.31. The molecule has 4 nitrogen and oxygen atoms in total. The molecule has 17 heavy (non-hydrogen) atoms. The van der Waals surface area contributed by atoms with Gasteiger partial charge in [-0.25, -0.2) is 4.39 Å². The van der Waals surface area contributed by atoms with Crippen molar-refractivity contribution in [1.82, 2.24) is 5.32 Å². The molecule has 0 radical (unpaired) electrons. The number of halogens is 1. The monoisotopic (exact) mass is 240 g/mol. The third-order valence-corrected chi connectivity index (χ3v) is 2.14. The number of anilines is 1. The SMILES string of the molecule is CNCC(C)OCC(=O)Nc1ccccc1F. The number of rotatable bonds is 6. The Labute approximate surface area is 100 Å². The van der Waals surface area contributed by atoms with Gasteiger partial charge in [-0.05, 0) is 26.1 Å². The summed E-state index contributed by atoms with van der Waals surface area (Å²) in [5, 5.41) is 5.38. The Balaban J connectivity index is 2.37. The second-order valence-electron chi connectivity index (χ2n) is 3.71. The maximum Gasteiger partial charge on any atom is 0.250 e. The minimum absolute atomic E-state index is 0.0635. The van der Waals surface area contributed by atoms with Crippen LogP contribution in [0.3, 0.4) is 0 Å². The molecular formula is C12H17FN2O2. The van der Waals surface area contributed by atoms with Gasteiger partial charge in [-0.15, -0.1) is 0 Å². The Kier molecular flexibility index (Phi) is 5.59. The van der Waals surface area contributed by atoms with Gasteiger partial charge in [0.2, 0.25) is 5.91 Å². The number of likely N-dealkylation sites (N-methyl/N-ethyl adjacent to an activating group) is 1. The smallest absolute Gasteiger partial charge is 0.250 e. The van der Waals surface area contributed by atoms with Gasteiger partial charge < -0.3 is 15.4 Å². The molecule has 94 valence electrons. The summed E-state index contributed by atoms with van der Waals surface area (Å²) in [5.41, 5.74) is 0.169. The summed E-state index contributed by atoms with van der Waals surface area (Å²) in [4.78, 5) is 11.5. The topological polar surface area (TPSA) is 50.4 Å². The van der Waals surface area contributed by atoms with Crippen molar-refractivity contribution in [3.05, 3.63) is 30.1 Å². The summed E-state index contributed by atoms with van der Waals surface area (Å²) in [6.07, 6.45) is -0.0635. The van der Waals surface area contributed by atoms with E-state index >= 15 is 0 Å². The highest BCUT2D eigenvalue weighted by molar-refractivity contribution is 5.91. The first-order valence-electron chi connectivity index (χ1n) is 5.44. The number of hydrogen-bond donors (Lipinski definition) is 2. The molecule has 0 spiro atoms. The zero-order valence-electron chi connectivity index (χ0n) is 10.00. The minimum Gasteiger partial charge on any atom is -0.367 e. The van der Waals surface area contributed by atoms with E-state index in [9.17, 15) is 9.18 Å². The van der Waals surface area contributed by atoms with Gasteiger partial charge in [-0.1, -0.05) is 12.1 Å². The number of para-hydroxylation sites is 1. The Morgan fingerprint density at radius 1 is 1.47 bits per heavy atom. The quantitative estimate of drug-likeness (QED) is 0.790. The van der Waals surface area contributed by atoms with E-state index in [1.165, 1.54) is 12.1 Å². The lowest BCUT2D eigenvalue weighted by Crippen LogP contribution is -2.28. The lowest BCUT2D eigenvalue weighted by molar-refractivity contribution is -0.122. The van der Waals surface area contributed by atoms with Crippen molar-refractivity contribution in [1.29, 1.82) is 0 Å². The number of benzene rings is 1. The third-order valence-electron chi connectivity index (χ3n) is 2.14. The second kappa shape index (κ2) is 6.98. The molecule has 1 unspecified atom stereocenters. The molecule has 0 heterocycles. The molecule has 0 saturated carbocycles. The molecule has 2 N–H and O–H groups in total. The first-order chi connectivity index (χ1) is 8.13. The molecule has 0 aliphatic rings. The van der Waals surface area contributed by atoms with Crippen LogP contribution in [0.2, 0.25) is 0 Å². The van der Waals surface area contributed by atoms with Crippen LogP contribution in [0.4, 0.5) is 10.1 Å². The summed E-state index contributed by atoms with van der Waals surface area (Å²) in [7, 11) is 1.80. The van der Waals surface area contributed by atoms with E-state index < -0.39 is 5.82 Å². The molecular weight excluding hydrogens is 223 g/mol. The van der Waals surface area contributed by atoms with Crippen LogP contribution < -0.4 is 10.6 Å². The Morgan fingerprint density at radius 3 is 2.82 bits per heavy atom. The van der Waals surface area contributed by atoms with Crippen molar-refractivity contribution in [2.75, 3.05) is 25.5 Å². The molecule has 0 saturated heterocycles. The van der Waals surface area contributed by atoms with Crippen LogP contribution in [0, 0.1) is 5.82 Å². The molecule has 0 fully saturated rings. The Morgan fingerprint density at radius 2 is 2.18 bits per heavy atom. The predicted octanol–water partition coefficient (Wildman–Crippen LogP) is 1.39. The van der Waals surface area contributed by atoms with Crippen LogP contribution in [0.25, 0.3) is 0 Å². The Bertz CT molecular complexity index is 371. The summed E-state index contributed by atoms with van der Waals surface area (Å²) in [6, 6.07) is 6.02. The van der Waals surface area contributed by atoms with Crippen molar-refractivity contribution in [3.63, 3.8) is 0 Å². The van der Waals surface area contributed by atoms with Gasteiger partial charge in [0.15, 0.2) is 0 Å². The number of carbonyl (C=O) groups excluding carboxylic acids is 1. The van der Waals surface area contributed by atoms with Crippen LogP contribution in [0.5, 0.6) is 0 Å². The van der Waals surface area contributed by atoms with Gasteiger partial charge in [0.05, 0.1) is 11.8 Å². The third kappa shape index (κ3) is 4.93. The average Bonchev–Trinajstić information content (AvgIpc) is 2.30. The molecule has 0 aromatic heterocycles. The highest BCUT2D eigenvalue weighted by atomic mass is 19.1. The largest absolute Gasteiger partial charge is 0.367 e. The number of carbonyl (C=O) groups is 1. The average molecular weight is 240 g/mol. The molecule has 1 atom stereocenters. The molecule has 0 aliphatic carbocycles. The van der Waals surface area contributed by atoms with E-state index in [1.807, 2.05) is 6.92 Å². The fourth-order valence-electron chi connectivity index (χ4n) is 1.31. The van der Waals surface area contributed by atoms with Gasteiger partial charge >= 0.3 is 0 Å². The van der Waals surface area contributed by atoms with Gasteiger partial charge in [-0.3, -0.25) is 4.79 Å². The predicted molar refractivity (Wildman–Crippen MR) is 64.4 cm³/mol. The summed E-state index contributed by atoms with van der Waals surface area (Å²) in [6.45, 7) is 2.43. The van der Waals surface area contributed by atoms with Gasteiger partial charge in [0.25, 0.3) is 0 Å². The normalized spacial score (nSPS) is 12.2. The van der Waals surface area contributed by atoms with E-state index in [4.69, 9.17) is 4.74 Å². The van der Waals surface area contributed by atoms with Crippen LogP contribution >= 0.6 is 0 Å². The van der Waals surface area contributed by atoms with Gasteiger partial charge in [0.1, 0.15) is 12.4 Å². The molecule has 0 aliphatic heterocycles. The van der Waals surface area contributed by atoms with E-state index in [0.717, 1.165) is 0 Å². The number of ether oxygens (including phenoxy) is 1. The van der Waals surface area contributed by atoms with E-state index in [0.29, 0.717) is 6.54 Å². The lowest BCUT2D eigenvalue weighted by atomic mass is 10.3. The van der Waals surface area contributed by atoms with Crippen molar-refractivity contribution in [2.24, 2.45) is 0 Å². The summed E-state index contributed by atoms with van der Waals surface area (Å²) >= 11 is 0. The van der Waals surface area contributed by atoms with Crippen molar-refractivity contribution in [2.45, 2.75) is 13.0 Å². The molecule has 1 amide bonds. The first-order valence-corrected chi connectivity index (χ1v) is 5.44. The van der Waals surface area contributed by atoms with Crippen LogP contribution in [0.15, 0.2) is 24.3 Å². The van der Waals surface area contributed by atoms with Crippen molar-refractivity contribution in [3.8, 4) is 0 Å². The molecule has 0 bridgehead atoms. The molecule has 1 rings (SSSR count). The van der Waals surface area contributed by atoms with Crippen LogP contribution in [-0.2, 0) is 9.53 Å². The zero-order valence-corrected chi connectivity index (χ0v) is 10.00. The van der Waals surface area contributed by atoms with Crippen molar-refractivity contribution >= 4 is 11.6 Å². The fraction of sp³-hybridized carbons (Fsp3) is 0.417. The molecule has 1 aromatic carbocycles. The van der Waals surface area contributed by atoms with E-state index in [1.54, 1.807) is 19.2 Å². The summed E-state index contributed by atoms with van der Waals surface area (Å²) < 4.78 is 18.5. The van der Waals surface area contributed by atoms with Crippen LogP contribution in [0.1, 0.15) is 6.92 Å². The van der Waals surface area contributed by atoms with Gasteiger partial charge in [0, 0.05) is 6.54 Å². The molecule has 5 heteroatoms. The summed E-state index contributed by atoms with van der Waals surface area (Å²) in [5.74, 6) is -0.817. The highest BCUT2D eigenvalue weighted by Crippen LogP contribution is 2.11. The number of amides is 1. The maximum absolute atomic E-state index is 13.2. The van der Waals surface area contributed by atoms with Gasteiger partial charge in [-0.2, -0.15) is 0 Å². The second-order valence-corrected chi connectivity index (χ2v) is 3.71. The number of nitrogens with one attached hydrogen (secondary N) is 2. The Hall–Kier alpha value is -1.46. The molecule has 1 aromatic rings. The van der Waals surface area contributed by atoms with E-state index in [2.05, 4.69) is 10.6 Å². The highest BCUT2D eigenvalue weighted by Gasteiger charge is 2.08. The van der Waals surface area contributed by atoms with Crippen molar-refractivity contribution < 1.29 is 13.9 Å². The van der Waals surface area contributed by atoms with E-state index in [-0.39, 0.29) is 24.3 Å². The maximum atomic E-state index is 13.2. The van der Waals surface area contributed by atoms with Crippen LogP contribution in [-0.4, -0.2) is 32.2 Å². The minimum atomic E-state index is -0.455. The first kappa shape index (κ1) is 13.6. The zero-order chi connectivity index (χ0) is 12.7. The standard InChI is InChI=1S/C12H17FN2O2/c1-9(7-14-2)17-8-12(16)15-11-6-4-3-5-10(11)13/h3-6,9,14H,7-8H2,1-2H3,(H,15,16). The lowest BCUT2D eigenvalue weighted by Gasteiger charge is -2.12. The number of hydrogen-bond acceptors (Lipinski definition) is 3.